The molecular weight excluding hydrogens is 212 g/mol. The van der Waals surface area contributed by atoms with Crippen LogP contribution in [0.4, 0.5) is 0 Å². The molecule has 1 aromatic carbocycles. The molecule has 17 heavy (non-hydrogen) atoms. The zero-order chi connectivity index (χ0) is 12.9. The zero-order valence-corrected chi connectivity index (χ0v) is 10.6. The van der Waals surface area contributed by atoms with E-state index in [4.69, 9.17) is 5.26 Å². The summed E-state index contributed by atoms with van der Waals surface area (Å²) in [5, 5.41) is 11.0. The van der Waals surface area contributed by atoms with Gasteiger partial charge in [-0.15, -0.1) is 0 Å². The molecule has 0 aliphatic rings. The largest absolute Gasteiger partial charge is 0.343 e. The van der Waals surface area contributed by atoms with Crippen LogP contribution in [-0.2, 0) is 16.6 Å². The average molecular weight is 230 g/mol. The van der Waals surface area contributed by atoms with Gasteiger partial charge in [-0.2, -0.15) is 5.26 Å². The van der Waals surface area contributed by atoms with Crippen molar-refractivity contribution in [2.45, 2.75) is 32.6 Å². The molecule has 1 rings (SSSR count). The highest BCUT2D eigenvalue weighted by atomic mass is 16.1. The van der Waals surface area contributed by atoms with Crippen LogP contribution in [0.5, 0.6) is 0 Å². The van der Waals surface area contributed by atoms with Crippen LogP contribution in [-0.4, -0.2) is 12.5 Å². The molecule has 3 nitrogen and oxygen atoms in total. The molecule has 0 unspecified atom stereocenters. The van der Waals surface area contributed by atoms with E-state index in [1.165, 1.54) is 5.56 Å². The number of hydrogen-bond acceptors (Lipinski definition) is 2. The Bertz CT molecular complexity index is 427. The van der Waals surface area contributed by atoms with Gasteiger partial charge in [-0.1, -0.05) is 45.0 Å². The first-order chi connectivity index (χ1) is 7.99. The molecule has 0 saturated heterocycles. The Hall–Kier alpha value is -1.82. The van der Waals surface area contributed by atoms with E-state index in [0.29, 0.717) is 6.54 Å². The van der Waals surface area contributed by atoms with Gasteiger partial charge in [-0.3, -0.25) is 4.79 Å². The number of nitrogens with zero attached hydrogens (tertiary/aromatic N) is 1. The van der Waals surface area contributed by atoms with Crippen molar-refractivity contribution in [3.05, 3.63) is 35.4 Å². The van der Waals surface area contributed by atoms with Gasteiger partial charge in [-0.05, 0) is 17.5 Å². The second-order valence-electron chi connectivity index (χ2n) is 4.73. The lowest BCUT2D eigenvalue weighted by Crippen LogP contribution is -2.36. The number of amides is 1. The second-order valence-corrected chi connectivity index (χ2v) is 4.73. The predicted octanol–water partition coefficient (Wildman–Crippen LogP) is 2.17. The van der Waals surface area contributed by atoms with Crippen molar-refractivity contribution in [2.24, 2.45) is 0 Å². The average Bonchev–Trinajstić information content (AvgIpc) is 2.36. The lowest BCUT2D eigenvalue weighted by atomic mass is 9.84. The fraction of sp³-hybridized carbons (Fsp3) is 0.429. The fourth-order valence-electron chi connectivity index (χ4n) is 1.63. The lowest BCUT2D eigenvalue weighted by molar-refractivity contribution is -0.116. The summed E-state index contributed by atoms with van der Waals surface area (Å²) in [7, 11) is 0. The highest BCUT2D eigenvalue weighted by molar-refractivity contribution is 5.91. The minimum atomic E-state index is -0.580. The molecule has 90 valence electrons. The molecule has 1 N–H and O–H groups in total. The van der Waals surface area contributed by atoms with Gasteiger partial charge < -0.3 is 5.32 Å². The first-order valence-electron chi connectivity index (χ1n) is 5.77. The van der Waals surface area contributed by atoms with Gasteiger partial charge in [0, 0.05) is 12.0 Å². The van der Waals surface area contributed by atoms with E-state index in [2.05, 4.69) is 36.5 Å². The molecule has 0 aliphatic carbocycles. The van der Waals surface area contributed by atoms with Gasteiger partial charge in [0.05, 0.1) is 0 Å². The summed E-state index contributed by atoms with van der Waals surface area (Å²) < 4.78 is 0. The Morgan fingerprint density at radius 3 is 2.41 bits per heavy atom. The van der Waals surface area contributed by atoms with E-state index in [9.17, 15) is 4.79 Å². The summed E-state index contributed by atoms with van der Waals surface area (Å²) in [6, 6.07) is 9.92. The molecule has 0 aromatic heterocycles. The lowest BCUT2D eigenvalue weighted by Gasteiger charge is -2.25. The van der Waals surface area contributed by atoms with Crippen LogP contribution >= 0.6 is 0 Å². The third kappa shape index (κ3) is 3.60. The second kappa shape index (κ2) is 5.49. The maximum absolute atomic E-state index is 10.9. The van der Waals surface area contributed by atoms with Crippen molar-refractivity contribution in [1.29, 1.82) is 5.26 Å². The van der Waals surface area contributed by atoms with Crippen LogP contribution in [0.1, 0.15) is 31.9 Å². The number of nitrogens with one attached hydrogen (secondary N) is 1. The van der Waals surface area contributed by atoms with Gasteiger partial charge >= 0.3 is 5.91 Å². The third-order valence-electron chi connectivity index (χ3n) is 2.94. The molecule has 0 atom stereocenters. The molecule has 3 heteroatoms. The number of hydrogen-bond donors (Lipinski definition) is 1. The Kier molecular flexibility index (Phi) is 4.28. The number of aryl methyl sites for hydroxylation is 1. The Balaban J connectivity index is 2.75. The minimum Gasteiger partial charge on any atom is -0.343 e. The van der Waals surface area contributed by atoms with E-state index in [1.807, 2.05) is 13.8 Å². The third-order valence-corrected chi connectivity index (χ3v) is 2.94. The summed E-state index contributed by atoms with van der Waals surface area (Å²) in [5.74, 6) is -0.580. The highest BCUT2D eigenvalue weighted by Gasteiger charge is 2.21. The number of benzene rings is 1. The van der Waals surface area contributed by atoms with E-state index in [-0.39, 0.29) is 5.41 Å². The van der Waals surface area contributed by atoms with Gasteiger partial charge in [0.15, 0.2) is 6.07 Å². The summed E-state index contributed by atoms with van der Waals surface area (Å²) in [4.78, 5) is 10.9. The van der Waals surface area contributed by atoms with E-state index in [0.717, 1.165) is 12.0 Å². The quantitative estimate of drug-likeness (QED) is 0.806. The van der Waals surface area contributed by atoms with Gasteiger partial charge in [0.25, 0.3) is 0 Å². The van der Waals surface area contributed by atoms with E-state index in [1.54, 1.807) is 6.07 Å². The summed E-state index contributed by atoms with van der Waals surface area (Å²) in [5.41, 5.74) is 2.29. The summed E-state index contributed by atoms with van der Waals surface area (Å²) in [6.45, 7) is 6.68. The Morgan fingerprint density at radius 1 is 1.35 bits per heavy atom. The van der Waals surface area contributed by atoms with Crippen LogP contribution in [0.2, 0.25) is 0 Å². The molecule has 0 saturated carbocycles. The monoisotopic (exact) mass is 230 g/mol. The first kappa shape index (κ1) is 13.2. The molecular formula is C14H18N2O. The Morgan fingerprint density at radius 2 is 1.94 bits per heavy atom. The molecule has 0 radical (unpaired) electrons. The number of nitriles is 1. The molecule has 1 aromatic rings. The zero-order valence-electron chi connectivity index (χ0n) is 10.6. The number of rotatable bonds is 4. The minimum absolute atomic E-state index is 0.168. The molecule has 0 heterocycles. The first-order valence-corrected chi connectivity index (χ1v) is 5.77. The van der Waals surface area contributed by atoms with Crippen molar-refractivity contribution in [1.82, 2.24) is 5.32 Å². The van der Waals surface area contributed by atoms with Crippen LogP contribution in [0.3, 0.4) is 0 Å². The standard InChI is InChI=1S/C14H18N2O/c1-4-11-5-7-12(8-6-11)14(2,3)10-16-13(17)9-15/h5-8H,4,10H2,1-3H3,(H,16,17). The van der Waals surface area contributed by atoms with Gasteiger partial charge in [0.2, 0.25) is 0 Å². The van der Waals surface area contributed by atoms with Crippen LogP contribution in [0, 0.1) is 11.3 Å². The highest BCUT2D eigenvalue weighted by Crippen LogP contribution is 2.22. The van der Waals surface area contributed by atoms with Crippen molar-refractivity contribution in [3.8, 4) is 6.07 Å². The molecule has 1 amide bonds. The Labute approximate surface area is 102 Å². The maximum atomic E-state index is 10.9. The van der Waals surface area contributed by atoms with Crippen molar-refractivity contribution in [3.63, 3.8) is 0 Å². The topological polar surface area (TPSA) is 52.9 Å². The summed E-state index contributed by atoms with van der Waals surface area (Å²) >= 11 is 0. The van der Waals surface area contributed by atoms with Crippen LogP contribution in [0.25, 0.3) is 0 Å². The van der Waals surface area contributed by atoms with Crippen molar-refractivity contribution < 1.29 is 4.79 Å². The molecule has 0 aliphatic heterocycles. The molecule has 0 fully saturated rings. The van der Waals surface area contributed by atoms with Gasteiger partial charge in [0.1, 0.15) is 0 Å². The number of carbonyl (C=O) groups is 1. The van der Waals surface area contributed by atoms with Crippen molar-refractivity contribution in [2.75, 3.05) is 6.54 Å². The van der Waals surface area contributed by atoms with E-state index >= 15 is 0 Å². The fourth-order valence-corrected chi connectivity index (χ4v) is 1.63. The van der Waals surface area contributed by atoms with E-state index < -0.39 is 5.91 Å². The summed E-state index contributed by atoms with van der Waals surface area (Å²) in [6.07, 6.45) is 1.02. The van der Waals surface area contributed by atoms with Gasteiger partial charge in [-0.25, -0.2) is 0 Å². The molecule has 0 spiro atoms. The van der Waals surface area contributed by atoms with Crippen molar-refractivity contribution >= 4 is 5.91 Å². The molecule has 0 bridgehead atoms. The number of carbonyl (C=O) groups excluding carboxylic acids is 1. The maximum Gasteiger partial charge on any atom is 0.322 e. The SMILES string of the molecule is CCc1ccc(C(C)(C)CNC(=O)C#N)cc1. The smallest absolute Gasteiger partial charge is 0.322 e. The van der Waals surface area contributed by atoms with Crippen LogP contribution in [0.15, 0.2) is 24.3 Å². The van der Waals surface area contributed by atoms with Crippen LogP contribution < -0.4 is 5.32 Å². The predicted molar refractivity (Wildman–Crippen MR) is 67.5 cm³/mol. The normalized spacial score (nSPS) is 10.7.